The van der Waals surface area contributed by atoms with Crippen LogP contribution in [0.5, 0.6) is 0 Å². The SMILES string of the molecule is CCN(C(=O)C(C)(C)N1CCNCC1)C1CC1. The Morgan fingerprint density at radius 1 is 1.35 bits per heavy atom. The fourth-order valence-electron chi connectivity index (χ4n) is 2.66. The molecule has 2 aliphatic rings. The molecule has 98 valence electrons. The van der Waals surface area contributed by atoms with Crippen molar-refractivity contribution in [3.8, 4) is 0 Å². The van der Waals surface area contributed by atoms with Gasteiger partial charge in [-0.15, -0.1) is 0 Å². The summed E-state index contributed by atoms with van der Waals surface area (Å²) in [6.07, 6.45) is 2.38. The minimum Gasteiger partial charge on any atom is -0.338 e. The van der Waals surface area contributed by atoms with E-state index in [4.69, 9.17) is 0 Å². The fourth-order valence-corrected chi connectivity index (χ4v) is 2.66. The summed E-state index contributed by atoms with van der Waals surface area (Å²) in [6, 6.07) is 0.523. The largest absolute Gasteiger partial charge is 0.338 e. The summed E-state index contributed by atoms with van der Waals surface area (Å²) in [7, 11) is 0. The van der Waals surface area contributed by atoms with E-state index in [0.29, 0.717) is 11.9 Å². The summed E-state index contributed by atoms with van der Waals surface area (Å²) >= 11 is 0. The van der Waals surface area contributed by atoms with Crippen LogP contribution in [0.1, 0.15) is 33.6 Å². The Bertz CT molecular complexity index is 280. The third-order valence-corrected chi connectivity index (χ3v) is 4.02. The predicted octanol–water partition coefficient (Wildman–Crippen LogP) is 0.681. The van der Waals surface area contributed by atoms with Gasteiger partial charge in [-0.3, -0.25) is 9.69 Å². The van der Waals surface area contributed by atoms with E-state index in [2.05, 4.69) is 35.9 Å². The van der Waals surface area contributed by atoms with E-state index in [-0.39, 0.29) is 5.54 Å². The van der Waals surface area contributed by atoms with Crippen LogP contribution >= 0.6 is 0 Å². The number of likely N-dealkylation sites (N-methyl/N-ethyl adjacent to an activating group) is 1. The number of amides is 1. The van der Waals surface area contributed by atoms with Gasteiger partial charge in [0.25, 0.3) is 0 Å². The van der Waals surface area contributed by atoms with Gasteiger partial charge in [0.2, 0.25) is 5.91 Å². The van der Waals surface area contributed by atoms with Crippen LogP contribution in [-0.2, 0) is 4.79 Å². The molecule has 4 nitrogen and oxygen atoms in total. The van der Waals surface area contributed by atoms with E-state index in [9.17, 15) is 4.79 Å². The van der Waals surface area contributed by atoms with Crippen LogP contribution in [0.3, 0.4) is 0 Å². The summed E-state index contributed by atoms with van der Waals surface area (Å²) in [5, 5.41) is 3.34. The monoisotopic (exact) mass is 239 g/mol. The average Bonchev–Trinajstić information content (AvgIpc) is 3.15. The van der Waals surface area contributed by atoms with Crippen molar-refractivity contribution < 1.29 is 4.79 Å². The van der Waals surface area contributed by atoms with Gasteiger partial charge in [-0.1, -0.05) is 0 Å². The number of carbonyl (C=O) groups is 1. The van der Waals surface area contributed by atoms with E-state index in [1.54, 1.807) is 0 Å². The molecule has 1 saturated carbocycles. The number of piperazine rings is 1. The number of nitrogens with one attached hydrogen (secondary N) is 1. The number of nitrogens with zero attached hydrogens (tertiary/aromatic N) is 2. The topological polar surface area (TPSA) is 35.6 Å². The quantitative estimate of drug-likeness (QED) is 0.784. The molecule has 17 heavy (non-hydrogen) atoms. The Balaban J connectivity index is 2.04. The Morgan fingerprint density at radius 2 is 1.94 bits per heavy atom. The molecule has 1 heterocycles. The molecule has 0 aromatic rings. The summed E-state index contributed by atoms with van der Waals surface area (Å²) in [5.74, 6) is 0.310. The van der Waals surface area contributed by atoms with Gasteiger partial charge >= 0.3 is 0 Å². The molecule has 0 bridgehead atoms. The molecule has 0 aromatic carbocycles. The lowest BCUT2D eigenvalue weighted by Gasteiger charge is -2.42. The molecular formula is C13H25N3O. The molecule has 0 spiro atoms. The summed E-state index contributed by atoms with van der Waals surface area (Å²) in [6.45, 7) is 11.0. The van der Waals surface area contributed by atoms with Gasteiger partial charge in [-0.05, 0) is 33.6 Å². The van der Waals surface area contributed by atoms with E-state index in [1.807, 2.05) is 0 Å². The zero-order chi connectivity index (χ0) is 12.5. The van der Waals surface area contributed by atoms with Crippen molar-refractivity contribution in [2.75, 3.05) is 32.7 Å². The second-order valence-electron chi connectivity index (χ2n) is 5.62. The van der Waals surface area contributed by atoms with Gasteiger partial charge in [0.05, 0.1) is 5.54 Å². The molecule has 1 aliphatic carbocycles. The smallest absolute Gasteiger partial charge is 0.242 e. The van der Waals surface area contributed by atoms with Crippen molar-refractivity contribution in [3.63, 3.8) is 0 Å². The van der Waals surface area contributed by atoms with Crippen molar-refractivity contribution in [2.24, 2.45) is 0 Å². The molecule has 2 rings (SSSR count). The van der Waals surface area contributed by atoms with Crippen LogP contribution in [0.2, 0.25) is 0 Å². The molecule has 2 fully saturated rings. The standard InChI is InChI=1S/C13H25N3O/c1-4-16(11-5-6-11)12(17)13(2,3)15-9-7-14-8-10-15/h11,14H,4-10H2,1-3H3. The minimum atomic E-state index is -0.347. The first-order valence-corrected chi connectivity index (χ1v) is 6.84. The first kappa shape index (κ1) is 12.8. The molecule has 0 unspecified atom stereocenters. The maximum atomic E-state index is 12.6. The van der Waals surface area contributed by atoms with E-state index in [0.717, 1.165) is 32.7 Å². The molecule has 0 aromatic heterocycles. The number of hydrogen-bond donors (Lipinski definition) is 1. The highest BCUT2D eigenvalue weighted by Crippen LogP contribution is 2.30. The van der Waals surface area contributed by atoms with Crippen LogP contribution in [-0.4, -0.2) is 60.0 Å². The number of hydrogen-bond acceptors (Lipinski definition) is 3. The number of carbonyl (C=O) groups excluding carboxylic acids is 1. The Hall–Kier alpha value is -0.610. The van der Waals surface area contributed by atoms with Crippen molar-refractivity contribution >= 4 is 5.91 Å². The second-order valence-corrected chi connectivity index (χ2v) is 5.62. The molecule has 1 aliphatic heterocycles. The van der Waals surface area contributed by atoms with Crippen molar-refractivity contribution in [1.82, 2.24) is 15.1 Å². The van der Waals surface area contributed by atoms with Gasteiger partial charge in [0.1, 0.15) is 0 Å². The zero-order valence-electron chi connectivity index (χ0n) is 11.3. The predicted molar refractivity (Wildman–Crippen MR) is 68.9 cm³/mol. The lowest BCUT2D eigenvalue weighted by molar-refractivity contribution is -0.143. The van der Waals surface area contributed by atoms with Crippen LogP contribution in [0, 0.1) is 0 Å². The fraction of sp³-hybridized carbons (Fsp3) is 0.923. The average molecular weight is 239 g/mol. The Morgan fingerprint density at radius 3 is 2.41 bits per heavy atom. The van der Waals surface area contributed by atoms with E-state index >= 15 is 0 Å². The molecule has 0 atom stereocenters. The third kappa shape index (κ3) is 2.63. The number of rotatable bonds is 4. The van der Waals surface area contributed by atoms with Crippen LogP contribution in [0.25, 0.3) is 0 Å². The Labute approximate surface area is 104 Å². The normalized spacial score (nSPS) is 22.5. The lowest BCUT2D eigenvalue weighted by atomic mass is 9.99. The van der Waals surface area contributed by atoms with Gasteiger partial charge in [0.15, 0.2) is 0 Å². The van der Waals surface area contributed by atoms with Crippen LogP contribution in [0.15, 0.2) is 0 Å². The highest BCUT2D eigenvalue weighted by molar-refractivity contribution is 5.86. The minimum absolute atomic E-state index is 0.310. The molecule has 1 N–H and O–H groups in total. The zero-order valence-corrected chi connectivity index (χ0v) is 11.3. The highest BCUT2D eigenvalue weighted by atomic mass is 16.2. The van der Waals surface area contributed by atoms with Crippen LogP contribution < -0.4 is 5.32 Å². The molecule has 1 amide bonds. The maximum absolute atomic E-state index is 12.6. The third-order valence-electron chi connectivity index (χ3n) is 4.02. The molecule has 4 heteroatoms. The van der Waals surface area contributed by atoms with Gasteiger partial charge in [-0.25, -0.2) is 0 Å². The van der Waals surface area contributed by atoms with Crippen molar-refractivity contribution in [1.29, 1.82) is 0 Å². The lowest BCUT2D eigenvalue weighted by Crippen LogP contribution is -2.60. The molecule has 0 radical (unpaired) electrons. The van der Waals surface area contributed by atoms with Gasteiger partial charge in [-0.2, -0.15) is 0 Å². The maximum Gasteiger partial charge on any atom is 0.242 e. The first-order chi connectivity index (χ1) is 8.07. The summed E-state index contributed by atoms with van der Waals surface area (Å²) in [5.41, 5.74) is -0.347. The first-order valence-electron chi connectivity index (χ1n) is 6.84. The van der Waals surface area contributed by atoms with Crippen molar-refractivity contribution in [2.45, 2.75) is 45.2 Å². The van der Waals surface area contributed by atoms with E-state index in [1.165, 1.54) is 12.8 Å². The van der Waals surface area contributed by atoms with E-state index < -0.39 is 0 Å². The van der Waals surface area contributed by atoms with Crippen molar-refractivity contribution in [3.05, 3.63) is 0 Å². The van der Waals surface area contributed by atoms with Gasteiger partial charge < -0.3 is 10.2 Å². The molecular weight excluding hydrogens is 214 g/mol. The van der Waals surface area contributed by atoms with Gasteiger partial charge in [0, 0.05) is 38.8 Å². The van der Waals surface area contributed by atoms with Crippen LogP contribution in [0.4, 0.5) is 0 Å². The second kappa shape index (κ2) is 4.94. The molecule has 1 saturated heterocycles. The summed E-state index contributed by atoms with van der Waals surface area (Å²) < 4.78 is 0. The summed E-state index contributed by atoms with van der Waals surface area (Å²) in [4.78, 5) is 17.0. The Kier molecular flexibility index (Phi) is 3.73. The highest BCUT2D eigenvalue weighted by Gasteiger charge is 2.42.